The zero-order valence-electron chi connectivity index (χ0n) is 30.9. The summed E-state index contributed by atoms with van der Waals surface area (Å²) in [6.45, 7) is 1.45. The van der Waals surface area contributed by atoms with Gasteiger partial charge in [-0.2, -0.15) is 4.31 Å². The molecule has 0 spiro atoms. The first-order valence-corrected chi connectivity index (χ1v) is 22.3. The minimum absolute atomic E-state index is 0.0169. The van der Waals surface area contributed by atoms with Crippen LogP contribution >= 0.6 is 35.2 Å². The van der Waals surface area contributed by atoms with Gasteiger partial charge in [-0.05, 0) is 6.92 Å². The van der Waals surface area contributed by atoms with Gasteiger partial charge in [0.15, 0.2) is 17.7 Å². The van der Waals surface area contributed by atoms with E-state index < -0.39 is 108 Å². The molecule has 9 atom stereocenters. The molecule has 0 saturated carbocycles. The molecule has 0 aliphatic carbocycles. The van der Waals surface area contributed by atoms with Gasteiger partial charge < -0.3 is 66.2 Å². The zero-order chi connectivity index (χ0) is 43.9. The lowest BCUT2D eigenvalue weighted by Crippen LogP contribution is -2.46. The van der Waals surface area contributed by atoms with Gasteiger partial charge in [0.25, 0.3) is 0 Å². The van der Waals surface area contributed by atoms with Crippen molar-refractivity contribution in [3.63, 3.8) is 0 Å². The molecule has 2 amide bonds. The standard InChI is InChI=1S/C27H46N7O20P3S/c1-26(2,21(40)24(41)30-5-4-15(35)29-6-7-58-17(38)9-27(3,42)8-16(36)37)11-51-57(48,49)54-56(46,47)50-10-14-20(53-55(43,44)45)19(39)25(52-14)34-13-33-18-22(28)31-12-32-23(18)34/h12-14,17,19-21,25,38-40,42H,4-11H2,1-3H3,(H,29,35)(H,30,41)(H,36,37)(H,46,47)(H,48,49)(H2,28,31,32)(H2,43,44,45)/t14?,17-,19?,20?,21?,25?,27+/m1/s1. The van der Waals surface area contributed by atoms with Crippen LogP contribution < -0.4 is 16.4 Å². The van der Waals surface area contributed by atoms with Crippen LogP contribution in [0.1, 0.15) is 46.3 Å². The first-order valence-electron chi connectivity index (χ1n) is 16.7. The van der Waals surface area contributed by atoms with Crippen molar-refractivity contribution >= 4 is 70.0 Å². The molecule has 0 bridgehead atoms. The second-order valence-corrected chi connectivity index (χ2v) is 19.2. The number of hydrogen-bond donors (Lipinski definition) is 12. The molecule has 58 heavy (non-hydrogen) atoms. The van der Waals surface area contributed by atoms with Gasteiger partial charge in [0.2, 0.25) is 11.8 Å². The molecule has 1 saturated heterocycles. The number of anilines is 1. The fourth-order valence-electron chi connectivity index (χ4n) is 5.16. The Hall–Kier alpha value is -2.72. The van der Waals surface area contributed by atoms with Crippen molar-refractivity contribution in [2.24, 2.45) is 5.41 Å². The highest BCUT2D eigenvalue weighted by molar-refractivity contribution is 7.99. The molecule has 3 heterocycles. The first kappa shape index (κ1) is 49.6. The van der Waals surface area contributed by atoms with Crippen LogP contribution in [-0.4, -0.2) is 150 Å². The van der Waals surface area contributed by atoms with Gasteiger partial charge in [-0.25, -0.2) is 28.6 Å². The smallest absolute Gasteiger partial charge is 0.481 e. The molecule has 0 radical (unpaired) electrons. The molecular formula is C27H46N7O20P3S. The molecule has 1 aliphatic heterocycles. The number of imidazole rings is 1. The van der Waals surface area contributed by atoms with Crippen molar-refractivity contribution in [1.82, 2.24) is 30.2 Å². The number of ether oxygens (including phenoxy) is 1. The van der Waals surface area contributed by atoms with Gasteiger partial charge in [0.1, 0.15) is 41.7 Å². The van der Waals surface area contributed by atoms with Crippen molar-refractivity contribution in [2.45, 2.75) is 81.7 Å². The molecule has 2 aromatic heterocycles. The summed E-state index contributed by atoms with van der Waals surface area (Å²) in [5.74, 6) is -2.63. The monoisotopic (exact) mass is 913 g/mol. The van der Waals surface area contributed by atoms with Crippen molar-refractivity contribution in [3.05, 3.63) is 12.7 Å². The van der Waals surface area contributed by atoms with Crippen LogP contribution in [0.2, 0.25) is 0 Å². The predicted molar refractivity (Wildman–Crippen MR) is 196 cm³/mol. The number of nitrogens with two attached hydrogens (primary N) is 1. The number of nitrogen functional groups attached to an aromatic ring is 1. The van der Waals surface area contributed by atoms with Crippen molar-refractivity contribution in [3.8, 4) is 0 Å². The molecule has 330 valence electrons. The Kier molecular flexibility index (Phi) is 17.3. The average Bonchev–Trinajstić information content (AvgIpc) is 3.63. The lowest BCUT2D eigenvalue weighted by atomic mass is 9.87. The number of aromatic nitrogens is 4. The number of aliphatic hydroxyl groups is 4. The van der Waals surface area contributed by atoms with E-state index in [0.717, 1.165) is 29.0 Å². The van der Waals surface area contributed by atoms with Gasteiger partial charge in [0.05, 0.1) is 31.6 Å². The Balaban J connectivity index is 1.47. The highest BCUT2D eigenvalue weighted by atomic mass is 32.2. The number of amides is 2. The van der Waals surface area contributed by atoms with Crippen LogP contribution in [0.25, 0.3) is 11.2 Å². The van der Waals surface area contributed by atoms with E-state index in [2.05, 4.69) is 34.4 Å². The quantitative estimate of drug-likeness (QED) is 0.0310. The molecule has 27 nitrogen and oxygen atoms in total. The maximum atomic E-state index is 12.7. The summed E-state index contributed by atoms with van der Waals surface area (Å²) in [4.78, 5) is 86.3. The highest BCUT2D eigenvalue weighted by Gasteiger charge is 2.50. The van der Waals surface area contributed by atoms with Crippen molar-refractivity contribution < 1.29 is 95.8 Å². The molecule has 1 aliphatic rings. The van der Waals surface area contributed by atoms with Gasteiger partial charge in [0, 0.05) is 37.1 Å². The fraction of sp³-hybridized carbons (Fsp3) is 0.704. The number of phosphoric ester groups is 3. The average molecular weight is 914 g/mol. The summed E-state index contributed by atoms with van der Waals surface area (Å²) in [6, 6.07) is 0. The van der Waals surface area contributed by atoms with E-state index in [9.17, 15) is 68.1 Å². The van der Waals surface area contributed by atoms with Crippen LogP contribution in [0, 0.1) is 5.41 Å². The lowest BCUT2D eigenvalue weighted by Gasteiger charge is -2.30. The Bertz CT molecular complexity index is 1900. The number of aliphatic carboxylic acids is 1. The third kappa shape index (κ3) is 15.4. The number of carbonyl (C=O) groups excluding carboxylic acids is 2. The molecule has 13 N–H and O–H groups in total. The van der Waals surface area contributed by atoms with Gasteiger partial charge in [-0.1, -0.05) is 13.8 Å². The largest absolute Gasteiger partial charge is 0.481 e. The number of carbonyl (C=O) groups is 3. The molecule has 31 heteroatoms. The van der Waals surface area contributed by atoms with Crippen LogP contribution in [-0.2, 0) is 50.7 Å². The maximum absolute atomic E-state index is 12.7. The molecule has 3 rings (SSSR count). The Morgan fingerprint density at radius 3 is 2.33 bits per heavy atom. The Morgan fingerprint density at radius 1 is 1.03 bits per heavy atom. The number of nitrogens with zero attached hydrogens (tertiary/aromatic N) is 4. The topological polar surface area (TPSA) is 424 Å². The predicted octanol–water partition coefficient (Wildman–Crippen LogP) is -1.93. The number of phosphoric acid groups is 3. The number of rotatable bonds is 24. The Labute approximate surface area is 333 Å². The number of hydrogen-bond acceptors (Lipinski definition) is 20. The SMILES string of the molecule is CC(C)(COP(=O)(O)OP(=O)(O)OCC1OC(n2cnc3c(N)ncnc32)C(O)C1OP(=O)(O)O)C(O)C(=O)NCCC(=O)NCCS[C@@H](O)C[C@@](C)(O)CC(=O)O. The molecule has 7 unspecified atom stereocenters. The van der Waals surface area contributed by atoms with E-state index in [0.29, 0.717) is 0 Å². The van der Waals surface area contributed by atoms with Gasteiger partial charge in [-0.3, -0.25) is 32.5 Å². The summed E-state index contributed by atoms with van der Waals surface area (Å²) in [5.41, 5.74) is 1.45. The molecule has 2 aromatic rings. The third-order valence-electron chi connectivity index (χ3n) is 7.96. The lowest BCUT2D eigenvalue weighted by molar-refractivity contribution is -0.142. The normalized spacial score (nSPS) is 23.0. The number of nitrogens with one attached hydrogen (secondary N) is 2. The first-order chi connectivity index (χ1) is 26.6. The number of thioether (sulfide) groups is 1. The second-order valence-electron chi connectivity index (χ2n) is 13.7. The Morgan fingerprint density at radius 2 is 1.69 bits per heavy atom. The van der Waals surface area contributed by atoms with Crippen molar-refractivity contribution in [2.75, 3.05) is 37.8 Å². The summed E-state index contributed by atoms with van der Waals surface area (Å²) in [5, 5.41) is 55.0. The minimum Gasteiger partial charge on any atom is -0.481 e. The zero-order valence-corrected chi connectivity index (χ0v) is 34.4. The van der Waals surface area contributed by atoms with Gasteiger partial charge in [-0.15, -0.1) is 11.8 Å². The molecule has 0 aromatic carbocycles. The number of carboxylic acids is 1. The number of aliphatic hydroxyl groups excluding tert-OH is 3. The number of carboxylic acid groups (broad SMARTS) is 1. The summed E-state index contributed by atoms with van der Waals surface area (Å²) >= 11 is 0.966. The minimum atomic E-state index is -5.60. The van der Waals surface area contributed by atoms with Gasteiger partial charge >= 0.3 is 29.4 Å². The fourth-order valence-corrected chi connectivity index (χ4v) is 8.96. The second kappa shape index (κ2) is 20.2. The van der Waals surface area contributed by atoms with Crippen LogP contribution in [0.15, 0.2) is 12.7 Å². The van der Waals surface area contributed by atoms with E-state index >= 15 is 0 Å². The summed E-state index contributed by atoms with van der Waals surface area (Å²) in [6.07, 6.45) is -7.92. The van der Waals surface area contributed by atoms with E-state index in [1.54, 1.807) is 0 Å². The van der Waals surface area contributed by atoms with E-state index in [4.69, 9.17) is 24.6 Å². The van der Waals surface area contributed by atoms with E-state index in [-0.39, 0.29) is 48.7 Å². The number of fused-ring (bicyclic) bond motifs is 1. The maximum Gasteiger partial charge on any atom is 0.481 e. The highest BCUT2D eigenvalue weighted by Crippen LogP contribution is 2.61. The van der Waals surface area contributed by atoms with Crippen LogP contribution in [0.5, 0.6) is 0 Å². The third-order valence-corrected chi connectivity index (χ3v) is 12.0. The molecule has 1 fully saturated rings. The van der Waals surface area contributed by atoms with Crippen molar-refractivity contribution in [1.29, 1.82) is 0 Å². The van der Waals surface area contributed by atoms with Crippen LogP contribution in [0.3, 0.4) is 0 Å². The summed E-state index contributed by atoms with van der Waals surface area (Å²) < 4.78 is 62.0. The van der Waals surface area contributed by atoms with E-state index in [1.807, 2.05) is 0 Å². The van der Waals surface area contributed by atoms with E-state index in [1.165, 1.54) is 20.8 Å². The summed E-state index contributed by atoms with van der Waals surface area (Å²) in [7, 11) is -16.5. The van der Waals surface area contributed by atoms with Crippen LogP contribution in [0.4, 0.5) is 5.82 Å². The molecular weight excluding hydrogens is 867 g/mol.